The first-order valence-electron chi connectivity index (χ1n) is 8.09. The van der Waals surface area contributed by atoms with Crippen LogP contribution in [0.5, 0.6) is 0 Å². The van der Waals surface area contributed by atoms with E-state index in [-0.39, 0.29) is 5.56 Å². The minimum Gasteiger partial charge on any atom is -0.321 e. The molecule has 26 heavy (non-hydrogen) atoms. The molecule has 0 atom stereocenters. The molecule has 3 aromatic carbocycles. The van der Waals surface area contributed by atoms with Gasteiger partial charge in [-0.15, -0.1) is 0 Å². The number of hydrogen-bond acceptors (Lipinski definition) is 2. The number of nitriles is 1. The Hall–Kier alpha value is -3.35. The number of hydrogen-bond donors (Lipinski definition) is 1. The maximum absolute atomic E-state index is 12.5. The van der Waals surface area contributed by atoms with E-state index in [1.807, 2.05) is 66.7 Å². The maximum Gasteiger partial charge on any atom is 0.266 e. The van der Waals surface area contributed by atoms with E-state index in [0.29, 0.717) is 16.3 Å². The highest BCUT2D eigenvalue weighted by atomic mass is 35.5. The van der Waals surface area contributed by atoms with Crippen LogP contribution in [0.4, 0.5) is 0 Å². The van der Waals surface area contributed by atoms with E-state index in [2.05, 4.69) is 4.98 Å². The van der Waals surface area contributed by atoms with Crippen molar-refractivity contribution in [3.05, 3.63) is 93.7 Å². The fourth-order valence-corrected chi connectivity index (χ4v) is 3.26. The van der Waals surface area contributed by atoms with Crippen molar-refractivity contribution in [3.63, 3.8) is 0 Å². The molecule has 0 aliphatic heterocycles. The van der Waals surface area contributed by atoms with Crippen LogP contribution in [-0.2, 0) is 0 Å². The Morgan fingerprint density at radius 2 is 1.62 bits per heavy atom. The van der Waals surface area contributed by atoms with Crippen molar-refractivity contribution in [2.24, 2.45) is 0 Å². The van der Waals surface area contributed by atoms with Gasteiger partial charge in [0.05, 0.1) is 0 Å². The SMILES string of the molecule is N#Cc1c(-c2ccc(Cl)cc2)cc(-c2cccc3ccccc23)[nH]c1=O. The van der Waals surface area contributed by atoms with Crippen LogP contribution in [0, 0.1) is 11.3 Å². The molecule has 0 spiro atoms. The zero-order valence-corrected chi connectivity index (χ0v) is 14.4. The molecule has 0 unspecified atom stereocenters. The topological polar surface area (TPSA) is 56.6 Å². The van der Waals surface area contributed by atoms with E-state index < -0.39 is 5.56 Å². The highest BCUT2D eigenvalue weighted by Crippen LogP contribution is 2.31. The lowest BCUT2D eigenvalue weighted by Gasteiger charge is -2.10. The summed E-state index contributed by atoms with van der Waals surface area (Å²) >= 11 is 5.96. The van der Waals surface area contributed by atoms with Crippen molar-refractivity contribution in [2.75, 3.05) is 0 Å². The molecule has 4 heteroatoms. The van der Waals surface area contributed by atoms with Gasteiger partial charge in [-0.25, -0.2) is 0 Å². The second-order valence-electron chi connectivity index (χ2n) is 5.95. The number of benzene rings is 3. The van der Waals surface area contributed by atoms with Crippen LogP contribution in [-0.4, -0.2) is 4.98 Å². The largest absolute Gasteiger partial charge is 0.321 e. The van der Waals surface area contributed by atoms with Crippen LogP contribution in [0.25, 0.3) is 33.2 Å². The predicted molar refractivity (Wildman–Crippen MR) is 105 cm³/mol. The minimum atomic E-state index is -0.400. The first kappa shape index (κ1) is 16.1. The standard InChI is InChI=1S/C22H13ClN2O/c23-16-10-8-15(9-11-16)19-12-21(25-22(26)20(19)13-24)18-7-3-5-14-4-1-2-6-17(14)18/h1-12H,(H,25,26). The number of aromatic nitrogens is 1. The van der Waals surface area contributed by atoms with E-state index >= 15 is 0 Å². The Bertz CT molecular complexity index is 1210. The lowest BCUT2D eigenvalue weighted by atomic mass is 9.97. The molecule has 4 aromatic rings. The van der Waals surface area contributed by atoms with Crippen LogP contribution < -0.4 is 5.56 Å². The third-order valence-corrected chi connectivity index (χ3v) is 4.63. The van der Waals surface area contributed by atoms with E-state index in [0.717, 1.165) is 21.9 Å². The summed E-state index contributed by atoms with van der Waals surface area (Å²) in [5.41, 5.74) is 2.66. The average Bonchev–Trinajstić information content (AvgIpc) is 2.67. The molecular weight excluding hydrogens is 344 g/mol. The summed E-state index contributed by atoms with van der Waals surface area (Å²) in [4.78, 5) is 15.4. The Labute approximate surface area is 155 Å². The molecule has 4 rings (SSSR count). The lowest BCUT2D eigenvalue weighted by Crippen LogP contribution is -2.12. The number of pyridine rings is 1. The van der Waals surface area contributed by atoms with Gasteiger partial charge in [-0.2, -0.15) is 5.26 Å². The monoisotopic (exact) mass is 356 g/mol. The number of rotatable bonds is 2. The van der Waals surface area contributed by atoms with Crippen LogP contribution >= 0.6 is 11.6 Å². The van der Waals surface area contributed by atoms with E-state index in [9.17, 15) is 10.1 Å². The highest BCUT2D eigenvalue weighted by Gasteiger charge is 2.13. The quantitative estimate of drug-likeness (QED) is 0.523. The van der Waals surface area contributed by atoms with Crippen molar-refractivity contribution in [1.82, 2.24) is 4.98 Å². The molecule has 0 saturated heterocycles. The van der Waals surface area contributed by atoms with Gasteiger partial charge in [0, 0.05) is 21.8 Å². The van der Waals surface area contributed by atoms with E-state index in [1.54, 1.807) is 12.1 Å². The zero-order valence-electron chi connectivity index (χ0n) is 13.7. The molecule has 1 aromatic heterocycles. The third-order valence-electron chi connectivity index (χ3n) is 4.38. The van der Waals surface area contributed by atoms with Crippen molar-refractivity contribution >= 4 is 22.4 Å². The van der Waals surface area contributed by atoms with Gasteiger partial charge in [0.1, 0.15) is 11.6 Å². The average molecular weight is 357 g/mol. The Balaban J connectivity index is 2.00. The number of fused-ring (bicyclic) bond motifs is 1. The Kier molecular flexibility index (Phi) is 4.04. The van der Waals surface area contributed by atoms with E-state index in [1.165, 1.54) is 0 Å². The van der Waals surface area contributed by atoms with Crippen LogP contribution in [0.15, 0.2) is 77.6 Å². The normalized spacial score (nSPS) is 10.6. The van der Waals surface area contributed by atoms with Crippen LogP contribution in [0.3, 0.4) is 0 Å². The van der Waals surface area contributed by atoms with Crippen molar-refractivity contribution in [1.29, 1.82) is 5.26 Å². The van der Waals surface area contributed by atoms with Crippen molar-refractivity contribution in [2.45, 2.75) is 0 Å². The summed E-state index contributed by atoms with van der Waals surface area (Å²) < 4.78 is 0. The highest BCUT2D eigenvalue weighted by molar-refractivity contribution is 6.30. The summed E-state index contributed by atoms with van der Waals surface area (Å²) in [5, 5.41) is 12.2. The molecule has 0 saturated carbocycles. The minimum absolute atomic E-state index is 0.0938. The third kappa shape index (κ3) is 2.77. The van der Waals surface area contributed by atoms with Gasteiger partial charge >= 0.3 is 0 Å². The summed E-state index contributed by atoms with van der Waals surface area (Å²) in [5.74, 6) is 0. The smallest absolute Gasteiger partial charge is 0.266 e. The second kappa shape index (κ2) is 6.51. The first-order valence-corrected chi connectivity index (χ1v) is 8.46. The van der Waals surface area contributed by atoms with Crippen LogP contribution in [0.1, 0.15) is 5.56 Å². The molecule has 1 N–H and O–H groups in total. The molecule has 124 valence electrons. The van der Waals surface area contributed by atoms with Gasteiger partial charge in [-0.3, -0.25) is 4.79 Å². The van der Waals surface area contributed by atoms with Crippen molar-refractivity contribution < 1.29 is 0 Å². The van der Waals surface area contributed by atoms with Gasteiger partial charge < -0.3 is 4.98 Å². The fraction of sp³-hybridized carbons (Fsp3) is 0. The van der Waals surface area contributed by atoms with Crippen LogP contribution in [0.2, 0.25) is 5.02 Å². The molecule has 0 aliphatic rings. The Morgan fingerprint density at radius 1 is 0.885 bits per heavy atom. The summed E-state index contributed by atoms with van der Waals surface area (Å²) in [6.07, 6.45) is 0. The Morgan fingerprint density at radius 3 is 2.38 bits per heavy atom. The molecule has 0 bridgehead atoms. The number of nitrogens with zero attached hydrogens (tertiary/aromatic N) is 1. The molecule has 0 amide bonds. The van der Waals surface area contributed by atoms with Gasteiger partial charge in [0.2, 0.25) is 0 Å². The van der Waals surface area contributed by atoms with Gasteiger partial charge in [-0.05, 0) is 34.5 Å². The lowest BCUT2D eigenvalue weighted by molar-refractivity contribution is 1.22. The molecule has 0 aliphatic carbocycles. The number of nitrogens with one attached hydrogen (secondary N) is 1. The van der Waals surface area contributed by atoms with Crippen molar-refractivity contribution in [3.8, 4) is 28.5 Å². The second-order valence-corrected chi connectivity index (χ2v) is 6.38. The van der Waals surface area contributed by atoms with E-state index in [4.69, 9.17) is 11.6 Å². The van der Waals surface area contributed by atoms with Gasteiger partial charge in [0.25, 0.3) is 5.56 Å². The zero-order chi connectivity index (χ0) is 18.1. The first-order chi connectivity index (χ1) is 12.7. The molecular formula is C22H13ClN2O. The predicted octanol–water partition coefficient (Wildman–Crippen LogP) is 5.39. The molecule has 1 heterocycles. The molecule has 3 nitrogen and oxygen atoms in total. The number of halogens is 1. The van der Waals surface area contributed by atoms with Gasteiger partial charge in [0.15, 0.2) is 0 Å². The molecule has 0 fully saturated rings. The van der Waals surface area contributed by atoms with Gasteiger partial charge in [-0.1, -0.05) is 66.2 Å². The summed E-state index contributed by atoms with van der Waals surface area (Å²) in [6.45, 7) is 0. The maximum atomic E-state index is 12.5. The number of aromatic amines is 1. The number of H-pyrrole nitrogens is 1. The summed E-state index contributed by atoms with van der Waals surface area (Å²) in [6, 6.07) is 24.9. The molecule has 0 radical (unpaired) electrons. The summed E-state index contributed by atoms with van der Waals surface area (Å²) in [7, 11) is 0. The fourth-order valence-electron chi connectivity index (χ4n) is 3.13.